The Kier molecular flexibility index (Phi) is 20.7. The molecule has 0 bridgehead atoms. The van der Waals surface area contributed by atoms with Gasteiger partial charge < -0.3 is 14.8 Å². The molecular formula is C34H51NO2. The van der Waals surface area contributed by atoms with E-state index < -0.39 is 0 Å². The standard InChI is InChI=1S/C16H22O.C11H16O.C5H11N.C2H2/c1-5-7-14(8-6-2)16(17-4)15-11-9-13(3)10-12-15;1-3-4-7-10-8-5-6-9-11(10)12-2;1-5-3-2-4-6-5;1-2/h5,7-12,16H,6H2,1-4H3;5-6,8-9H,3-4,7H2,1-2H3;5-6H,2-4H2,1H3;1-2H/b7-5-,14-8+;;;. The highest BCUT2D eigenvalue weighted by Gasteiger charge is 2.13. The molecule has 0 radical (unpaired) electrons. The molecule has 1 aliphatic heterocycles. The molecule has 0 aliphatic carbocycles. The molecule has 0 saturated carbocycles. The van der Waals surface area contributed by atoms with Crippen LogP contribution in [0, 0.1) is 19.8 Å². The summed E-state index contributed by atoms with van der Waals surface area (Å²) in [5, 5.41) is 3.32. The van der Waals surface area contributed by atoms with Gasteiger partial charge >= 0.3 is 0 Å². The lowest BCUT2D eigenvalue weighted by atomic mass is 9.99. The Labute approximate surface area is 228 Å². The minimum absolute atomic E-state index is 0.0340. The molecular weight excluding hydrogens is 454 g/mol. The van der Waals surface area contributed by atoms with Gasteiger partial charge in [0, 0.05) is 13.2 Å². The van der Waals surface area contributed by atoms with Crippen molar-refractivity contribution < 1.29 is 9.47 Å². The van der Waals surface area contributed by atoms with E-state index in [2.05, 4.69) is 100 Å². The van der Waals surface area contributed by atoms with Crippen LogP contribution >= 0.6 is 0 Å². The molecule has 3 rings (SSSR count). The maximum atomic E-state index is 5.62. The van der Waals surface area contributed by atoms with E-state index in [0.717, 1.165) is 24.6 Å². The zero-order valence-electron chi connectivity index (χ0n) is 24.4. The molecule has 2 aromatic rings. The second-order valence-corrected chi connectivity index (χ2v) is 9.05. The molecule has 3 nitrogen and oxygen atoms in total. The van der Waals surface area contributed by atoms with Crippen molar-refractivity contribution in [1.29, 1.82) is 0 Å². The third-order valence-electron chi connectivity index (χ3n) is 6.02. The summed E-state index contributed by atoms with van der Waals surface area (Å²) in [5.74, 6) is 1.02. The van der Waals surface area contributed by atoms with E-state index in [-0.39, 0.29) is 6.10 Å². The summed E-state index contributed by atoms with van der Waals surface area (Å²) in [6.45, 7) is 11.9. The molecule has 0 amide bonds. The predicted molar refractivity (Wildman–Crippen MR) is 162 cm³/mol. The van der Waals surface area contributed by atoms with Crippen LogP contribution < -0.4 is 10.1 Å². The molecule has 1 heterocycles. The molecule has 3 heteroatoms. The normalized spacial score (nSPS) is 15.4. The van der Waals surface area contributed by atoms with Crippen molar-refractivity contribution in [3.8, 4) is 18.6 Å². The summed E-state index contributed by atoms with van der Waals surface area (Å²) in [7, 11) is 3.49. The number of hydrogen-bond donors (Lipinski definition) is 1. The van der Waals surface area contributed by atoms with Crippen LogP contribution in [0.3, 0.4) is 0 Å². The number of para-hydroxylation sites is 1. The zero-order valence-corrected chi connectivity index (χ0v) is 24.4. The minimum atomic E-state index is 0.0340. The van der Waals surface area contributed by atoms with Gasteiger partial charge in [-0.15, -0.1) is 12.8 Å². The summed E-state index contributed by atoms with van der Waals surface area (Å²) in [6, 6.07) is 17.5. The first-order valence-electron chi connectivity index (χ1n) is 13.6. The third kappa shape index (κ3) is 14.5. The molecule has 1 fully saturated rings. The fraction of sp³-hybridized carbons (Fsp3) is 0.471. The lowest BCUT2D eigenvalue weighted by Gasteiger charge is -2.17. The van der Waals surface area contributed by atoms with Gasteiger partial charge in [0.05, 0.1) is 7.11 Å². The zero-order chi connectivity index (χ0) is 27.9. The molecule has 2 atom stereocenters. The fourth-order valence-electron chi connectivity index (χ4n) is 4.03. The minimum Gasteiger partial charge on any atom is -0.496 e. The summed E-state index contributed by atoms with van der Waals surface area (Å²) in [5.41, 5.74) is 5.02. The van der Waals surface area contributed by atoms with Crippen molar-refractivity contribution in [2.24, 2.45) is 0 Å². The van der Waals surface area contributed by atoms with Crippen LogP contribution in [0.2, 0.25) is 0 Å². The highest BCUT2D eigenvalue weighted by Crippen LogP contribution is 2.27. The number of nitrogens with one attached hydrogen (secondary N) is 1. The van der Waals surface area contributed by atoms with Crippen LogP contribution in [0.1, 0.15) is 82.6 Å². The van der Waals surface area contributed by atoms with Crippen molar-refractivity contribution in [2.45, 2.75) is 85.3 Å². The smallest absolute Gasteiger partial charge is 0.122 e. The van der Waals surface area contributed by atoms with Crippen LogP contribution in [0.4, 0.5) is 0 Å². The number of terminal acetylenes is 1. The molecule has 0 spiro atoms. The Bertz CT molecular complexity index is 890. The quantitative estimate of drug-likeness (QED) is 0.273. The summed E-state index contributed by atoms with van der Waals surface area (Å²) < 4.78 is 10.9. The van der Waals surface area contributed by atoms with Gasteiger partial charge in [-0.2, -0.15) is 0 Å². The number of allylic oxidation sites excluding steroid dienone is 2. The van der Waals surface area contributed by atoms with E-state index >= 15 is 0 Å². The molecule has 0 aromatic heterocycles. The number of rotatable bonds is 9. The van der Waals surface area contributed by atoms with Crippen molar-refractivity contribution in [3.63, 3.8) is 0 Å². The van der Waals surface area contributed by atoms with Crippen molar-refractivity contribution >= 4 is 0 Å². The van der Waals surface area contributed by atoms with E-state index in [1.807, 2.05) is 19.1 Å². The number of ether oxygens (including phenoxy) is 2. The van der Waals surface area contributed by atoms with E-state index in [1.165, 1.54) is 54.5 Å². The summed E-state index contributed by atoms with van der Waals surface area (Å²) in [4.78, 5) is 0. The van der Waals surface area contributed by atoms with Gasteiger partial charge in [0.1, 0.15) is 11.9 Å². The average Bonchev–Trinajstić information content (AvgIpc) is 3.42. The molecule has 1 aliphatic rings. The largest absolute Gasteiger partial charge is 0.496 e. The topological polar surface area (TPSA) is 30.5 Å². The predicted octanol–water partition coefficient (Wildman–Crippen LogP) is 8.64. The first-order chi connectivity index (χ1) is 18.0. The van der Waals surface area contributed by atoms with Gasteiger partial charge in [0.15, 0.2) is 0 Å². The number of unbranched alkanes of at least 4 members (excludes halogenated alkanes) is 1. The van der Waals surface area contributed by atoms with Gasteiger partial charge in [0.2, 0.25) is 0 Å². The summed E-state index contributed by atoms with van der Waals surface area (Å²) in [6.07, 6.45) is 21.8. The Morgan fingerprint density at radius 2 is 1.76 bits per heavy atom. The van der Waals surface area contributed by atoms with E-state index in [1.54, 1.807) is 14.2 Å². The van der Waals surface area contributed by atoms with E-state index in [9.17, 15) is 0 Å². The van der Waals surface area contributed by atoms with Gasteiger partial charge in [-0.1, -0.05) is 86.5 Å². The number of methoxy groups -OCH3 is 2. The number of aryl methyl sites for hydroxylation is 2. The number of hydrogen-bond acceptors (Lipinski definition) is 3. The SMILES string of the molecule is C#C.C/C=C\C(=C/CC)C(OC)c1ccc(C)cc1.CC1CCCN1.CCCCc1ccccc1OC. The van der Waals surface area contributed by atoms with Crippen molar-refractivity contribution in [3.05, 3.63) is 89.0 Å². The maximum Gasteiger partial charge on any atom is 0.122 e. The van der Waals surface area contributed by atoms with E-state index in [4.69, 9.17) is 9.47 Å². The van der Waals surface area contributed by atoms with Gasteiger partial charge in [-0.25, -0.2) is 0 Å². The lowest BCUT2D eigenvalue weighted by Crippen LogP contribution is -2.16. The van der Waals surface area contributed by atoms with Crippen molar-refractivity contribution in [1.82, 2.24) is 5.32 Å². The Balaban J connectivity index is 0.000000559. The first kappa shape index (κ1) is 34.2. The van der Waals surface area contributed by atoms with Gasteiger partial charge in [0.25, 0.3) is 0 Å². The molecule has 2 unspecified atom stereocenters. The molecule has 204 valence electrons. The second kappa shape index (κ2) is 22.4. The average molecular weight is 506 g/mol. The van der Waals surface area contributed by atoms with Gasteiger partial charge in [-0.3, -0.25) is 0 Å². The van der Waals surface area contributed by atoms with Crippen LogP contribution in [0.25, 0.3) is 0 Å². The highest BCUT2D eigenvalue weighted by molar-refractivity contribution is 5.34. The van der Waals surface area contributed by atoms with Crippen molar-refractivity contribution in [2.75, 3.05) is 20.8 Å². The maximum absolute atomic E-state index is 5.62. The molecule has 1 saturated heterocycles. The van der Waals surface area contributed by atoms with E-state index in [0.29, 0.717) is 0 Å². The third-order valence-corrected chi connectivity index (χ3v) is 6.02. The van der Waals surface area contributed by atoms with Crippen LogP contribution in [0.5, 0.6) is 5.75 Å². The molecule has 37 heavy (non-hydrogen) atoms. The van der Waals surface area contributed by atoms with Crippen LogP contribution in [-0.4, -0.2) is 26.8 Å². The Hall–Kier alpha value is -2.80. The Morgan fingerprint density at radius 3 is 2.22 bits per heavy atom. The first-order valence-corrected chi connectivity index (χ1v) is 13.6. The fourth-order valence-corrected chi connectivity index (χ4v) is 4.03. The summed E-state index contributed by atoms with van der Waals surface area (Å²) >= 11 is 0. The lowest BCUT2D eigenvalue weighted by molar-refractivity contribution is 0.135. The highest BCUT2D eigenvalue weighted by atomic mass is 16.5. The second-order valence-electron chi connectivity index (χ2n) is 9.05. The Morgan fingerprint density at radius 1 is 1.08 bits per heavy atom. The van der Waals surface area contributed by atoms with Crippen LogP contribution in [0.15, 0.2) is 72.3 Å². The van der Waals surface area contributed by atoms with Crippen LogP contribution in [-0.2, 0) is 11.2 Å². The monoisotopic (exact) mass is 505 g/mol. The van der Waals surface area contributed by atoms with Gasteiger partial charge in [-0.05, 0) is 82.2 Å². The molecule has 1 N–H and O–H groups in total. The molecule has 2 aromatic carbocycles. The number of benzene rings is 2.